The summed E-state index contributed by atoms with van der Waals surface area (Å²) in [6, 6.07) is 1.20. The summed E-state index contributed by atoms with van der Waals surface area (Å²) in [5.41, 5.74) is 2.03. The van der Waals surface area contributed by atoms with Gasteiger partial charge < -0.3 is 8.85 Å². The van der Waals surface area contributed by atoms with Crippen LogP contribution in [0.25, 0.3) is 0 Å². The van der Waals surface area contributed by atoms with Gasteiger partial charge in [-0.05, 0) is 45.1 Å². The first-order valence-corrected chi connectivity index (χ1v) is 11.4. The lowest BCUT2D eigenvalue weighted by molar-refractivity contribution is -0.0239. The van der Waals surface area contributed by atoms with Gasteiger partial charge in [-0.25, -0.2) is 0 Å². The summed E-state index contributed by atoms with van der Waals surface area (Å²) in [4.78, 5) is 0. The molecule has 1 rings (SSSR count). The Labute approximate surface area is 89.6 Å². The normalized spacial score (nSPS) is 34.1. The van der Waals surface area contributed by atoms with Crippen molar-refractivity contribution in [3.8, 4) is 0 Å². The molecule has 2 nitrogen and oxygen atoms in total. The Morgan fingerprint density at radius 2 is 2.14 bits per heavy atom. The second-order valence-electron chi connectivity index (χ2n) is 5.19. The van der Waals surface area contributed by atoms with Crippen LogP contribution in [0.5, 0.6) is 0 Å². The Balaban J connectivity index is 2.52. The summed E-state index contributed by atoms with van der Waals surface area (Å²) in [5.74, 6) is 0. The molecule has 82 valence electrons. The molecule has 0 radical (unpaired) electrons. The van der Waals surface area contributed by atoms with E-state index in [0.29, 0.717) is 0 Å². The van der Waals surface area contributed by atoms with E-state index in [1.54, 1.807) is 0 Å². The predicted octanol–water partition coefficient (Wildman–Crippen LogP) is 3.27. The lowest BCUT2D eigenvalue weighted by Gasteiger charge is -2.37. The van der Waals surface area contributed by atoms with Gasteiger partial charge in [-0.15, -0.1) is 6.58 Å². The zero-order valence-corrected chi connectivity index (χ0v) is 11.8. The lowest BCUT2D eigenvalue weighted by Crippen LogP contribution is -2.45. The zero-order chi connectivity index (χ0) is 10.8. The van der Waals surface area contributed by atoms with Crippen LogP contribution in [-0.4, -0.2) is 22.9 Å². The van der Waals surface area contributed by atoms with Gasteiger partial charge in [0.2, 0.25) is 8.32 Å². The second-order valence-corrected chi connectivity index (χ2v) is 13.4. The van der Waals surface area contributed by atoms with E-state index in [1.807, 2.05) is 5.70 Å². The van der Waals surface area contributed by atoms with Crippen molar-refractivity contribution in [1.82, 2.24) is 0 Å². The van der Waals surface area contributed by atoms with Gasteiger partial charge in [-0.3, -0.25) is 0 Å². The van der Waals surface area contributed by atoms with Crippen LogP contribution in [0.15, 0.2) is 12.3 Å². The van der Waals surface area contributed by atoms with Crippen molar-refractivity contribution >= 4 is 16.6 Å². The van der Waals surface area contributed by atoms with E-state index in [1.165, 1.54) is 12.5 Å². The van der Waals surface area contributed by atoms with Crippen molar-refractivity contribution in [3.05, 3.63) is 12.3 Å². The molecule has 0 aromatic heterocycles. The van der Waals surface area contributed by atoms with Crippen molar-refractivity contribution in [2.45, 2.75) is 51.4 Å². The van der Waals surface area contributed by atoms with Crippen LogP contribution < -0.4 is 0 Å². The molecule has 0 aromatic rings. The van der Waals surface area contributed by atoms with Gasteiger partial charge in [0.05, 0.1) is 0 Å². The van der Waals surface area contributed by atoms with E-state index in [2.05, 4.69) is 32.8 Å². The maximum absolute atomic E-state index is 6.03. The maximum atomic E-state index is 6.03. The van der Waals surface area contributed by atoms with Crippen LogP contribution in [0, 0.1) is 0 Å². The smallest absolute Gasteiger partial charge is 0.216 e. The highest BCUT2D eigenvalue weighted by Crippen LogP contribution is 2.28. The minimum atomic E-state index is -1.61. The fourth-order valence-electron chi connectivity index (χ4n) is 1.67. The predicted molar refractivity (Wildman–Crippen MR) is 65.2 cm³/mol. The Morgan fingerprint density at radius 1 is 1.50 bits per heavy atom. The van der Waals surface area contributed by atoms with Crippen LogP contribution in [0.3, 0.4) is 0 Å². The fraction of sp³-hybridized carbons (Fsp3) is 0.800. The molecule has 0 saturated carbocycles. The van der Waals surface area contributed by atoms with Gasteiger partial charge in [-0.2, -0.15) is 0 Å². The monoisotopic (exact) mass is 230 g/mol. The summed E-state index contributed by atoms with van der Waals surface area (Å²) in [6.45, 7) is 12.7. The molecule has 2 atom stereocenters. The van der Waals surface area contributed by atoms with Crippen molar-refractivity contribution in [1.29, 1.82) is 0 Å². The molecule has 0 aliphatic carbocycles. The van der Waals surface area contributed by atoms with E-state index in [-0.39, 0.29) is 6.29 Å². The SMILES string of the molecule is C=C[Si]1(C)CCCC(O[Si](C)(C)C)O1. The van der Waals surface area contributed by atoms with Gasteiger partial charge in [-0.1, -0.05) is 5.70 Å². The van der Waals surface area contributed by atoms with Crippen LogP contribution in [0.2, 0.25) is 32.2 Å². The van der Waals surface area contributed by atoms with Gasteiger partial charge in [0.1, 0.15) is 6.29 Å². The largest absolute Gasteiger partial charge is 0.394 e. The summed E-state index contributed by atoms with van der Waals surface area (Å²) in [6.07, 6.45) is 2.33. The highest BCUT2D eigenvalue weighted by atomic mass is 28.4. The van der Waals surface area contributed by atoms with Crippen molar-refractivity contribution in [2.75, 3.05) is 0 Å². The topological polar surface area (TPSA) is 18.5 Å². The Morgan fingerprint density at radius 3 is 2.64 bits per heavy atom. The molecule has 1 fully saturated rings. The molecule has 0 N–H and O–H groups in total. The zero-order valence-electron chi connectivity index (χ0n) is 9.80. The fourth-order valence-corrected chi connectivity index (χ4v) is 4.81. The molecule has 14 heavy (non-hydrogen) atoms. The van der Waals surface area contributed by atoms with Crippen molar-refractivity contribution < 1.29 is 8.85 Å². The molecular formula is C10H22O2Si2. The van der Waals surface area contributed by atoms with Crippen LogP contribution in [0.1, 0.15) is 12.8 Å². The van der Waals surface area contributed by atoms with Gasteiger partial charge in [0.25, 0.3) is 0 Å². The Kier molecular flexibility index (Phi) is 3.74. The summed E-state index contributed by atoms with van der Waals surface area (Å²) >= 11 is 0. The minimum Gasteiger partial charge on any atom is -0.394 e. The number of hydrogen-bond acceptors (Lipinski definition) is 2. The quantitative estimate of drug-likeness (QED) is 0.693. The van der Waals surface area contributed by atoms with Crippen molar-refractivity contribution in [2.24, 2.45) is 0 Å². The molecule has 2 unspecified atom stereocenters. The van der Waals surface area contributed by atoms with E-state index in [4.69, 9.17) is 8.85 Å². The molecule has 1 aliphatic heterocycles. The number of rotatable bonds is 3. The molecule has 1 saturated heterocycles. The van der Waals surface area contributed by atoms with Crippen LogP contribution >= 0.6 is 0 Å². The van der Waals surface area contributed by atoms with E-state index in [0.717, 1.165) is 6.42 Å². The summed E-state index contributed by atoms with van der Waals surface area (Å²) in [7, 11) is -3.07. The highest BCUT2D eigenvalue weighted by Gasteiger charge is 2.35. The maximum Gasteiger partial charge on any atom is 0.216 e. The minimum absolute atomic E-state index is 0.0464. The van der Waals surface area contributed by atoms with E-state index < -0.39 is 16.6 Å². The van der Waals surface area contributed by atoms with Crippen LogP contribution in [0.4, 0.5) is 0 Å². The first kappa shape index (κ1) is 12.2. The third kappa shape index (κ3) is 3.69. The Hall–Kier alpha value is 0.0938. The average Bonchev–Trinajstić information content (AvgIpc) is 2.01. The summed E-state index contributed by atoms with van der Waals surface area (Å²) in [5, 5.41) is 0. The van der Waals surface area contributed by atoms with Gasteiger partial charge in [0.15, 0.2) is 8.32 Å². The molecule has 0 amide bonds. The lowest BCUT2D eigenvalue weighted by atomic mass is 10.3. The highest BCUT2D eigenvalue weighted by molar-refractivity contribution is 6.77. The first-order valence-electron chi connectivity index (χ1n) is 5.34. The molecular weight excluding hydrogens is 208 g/mol. The average molecular weight is 230 g/mol. The molecule has 0 spiro atoms. The standard InChI is InChI=1S/C10H22O2Si2/c1-6-14(5)9-7-8-10(12-14)11-13(2,3)4/h6,10H,1,7-9H2,2-5H3. The van der Waals surface area contributed by atoms with E-state index in [9.17, 15) is 0 Å². The van der Waals surface area contributed by atoms with E-state index >= 15 is 0 Å². The molecule has 0 bridgehead atoms. The third-order valence-electron chi connectivity index (χ3n) is 2.43. The van der Waals surface area contributed by atoms with Crippen LogP contribution in [-0.2, 0) is 8.85 Å². The van der Waals surface area contributed by atoms with Gasteiger partial charge >= 0.3 is 0 Å². The first-order chi connectivity index (χ1) is 6.35. The second kappa shape index (κ2) is 4.30. The Bertz CT molecular complexity index is 213. The third-order valence-corrected chi connectivity index (χ3v) is 6.41. The molecule has 1 aliphatic rings. The van der Waals surface area contributed by atoms with Crippen molar-refractivity contribution in [3.63, 3.8) is 0 Å². The molecule has 0 aromatic carbocycles. The van der Waals surface area contributed by atoms with Gasteiger partial charge in [0, 0.05) is 0 Å². The summed E-state index contributed by atoms with van der Waals surface area (Å²) < 4.78 is 12.0. The molecule has 4 heteroatoms. The number of hydrogen-bond donors (Lipinski definition) is 0. The molecule has 1 heterocycles.